The molecule has 0 saturated carbocycles. The molecule has 1 fully saturated rings. The van der Waals surface area contributed by atoms with Crippen molar-refractivity contribution < 1.29 is 9.47 Å². The summed E-state index contributed by atoms with van der Waals surface area (Å²) in [5.41, 5.74) is 1.20. The third-order valence-electron chi connectivity index (χ3n) is 3.07. The summed E-state index contributed by atoms with van der Waals surface area (Å²) in [6, 6.07) is 6.25. The zero-order valence-electron chi connectivity index (χ0n) is 10.7. The van der Waals surface area contributed by atoms with Crippen molar-refractivity contribution in [2.45, 2.75) is 25.9 Å². The molecule has 4 heteroatoms. The minimum absolute atomic E-state index is 0.407. The Hall–Kier alpha value is -0.330. The van der Waals surface area contributed by atoms with Crippen LogP contribution < -0.4 is 10.1 Å². The second-order valence-corrected chi connectivity index (χ2v) is 5.84. The van der Waals surface area contributed by atoms with E-state index in [0.29, 0.717) is 12.7 Å². The van der Waals surface area contributed by atoms with E-state index in [1.54, 1.807) is 0 Å². The van der Waals surface area contributed by atoms with Gasteiger partial charge in [-0.05, 0) is 66.1 Å². The fourth-order valence-electron chi connectivity index (χ4n) is 2.08. The molecular weight excluding hydrogens is 341 g/mol. The predicted molar refractivity (Wildman–Crippen MR) is 81.2 cm³/mol. The topological polar surface area (TPSA) is 30.5 Å². The van der Waals surface area contributed by atoms with Gasteiger partial charge in [0.1, 0.15) is 12.4 Å². The van der Waals surface area contributed by atoms with E-state index < -0.39 is 0 Å². The maximum atomic E-state index is 5.75. The SMILES string of the molecule is Cc1cc(I)ccc1OCCNC[C@H]1CCCO1. The highest BCUT2D eigenvalue weighted by molar-refractivity contribution is 14.1. The smallest absolute Gasteiger partial charge is 0.122 e. The molecule has 1 N–H and O–H groups in total. The van der Waals surface area contributed by atoms with Crippen LogP contribution in [-0.4, -0.2) is 32.4 Å². The van der Waals surface area contributed by atoms with Gasteiger partial charge in [-0.3, -0.25) is 0 Å². The van der Waals surface area contributed by atoms with E-state index in [0.717, 1.165) is 25.4 Å². The Balaban J connectivity index is 1.62. The van der Waals surface area contributed by atoms with Crippen LogP contribution in [0.15, 0.2) is 18.2 Å². The van der Waals surface area contributed by atoms with Gasteiger partial charge in [-0.2, -0.15) is 0 Å². The van der Waals surface area contributed by atoms with Crippen LogP contribution >= 0.6 is 22.6 Å². The molecule has 1 aliphatic rings. The van der Waals surface area contributed by atoms with Crippen LogP contribution in [0.1, 0.15) is 18.4 Å². The zero-order chi connectivity index (χ0) is 12.8. The van der Waals surface area contributed by atoms with Gasteiger partial charge >= 0.3 is 0 Å². The average molecular weight is 361 g/mol. The van der Waals surface area contributed by atoms with Gasteiger partial charge in [0.25, 0.3) is 0 Å². The van der Waals surface area contributed by atoms with Gasteiger partial charge in [-0.1, -0.05) is 0 Å². The molecule has 0 unspecified atom stereocenters. The molecule has 1 saturated heterocycles. The lowest BCUT2D eigenvalue weighted by Crippen LogP contribution is -2.29. The molecule has 1 aromatic rings. The second-order valence-electron chi connectivity index (χ2n) is 4.60. The molecule has 1 atom stereocenters. The monoisotopic (exact) mass is 361 g/mol. The van der Waals surface area contributed by atoms with Gasteiger partial charge in [0.2, 0.25) is 0 Å². The second kappa shape index (κ2) is 7.31. The minimum atomic E-state index is 0.407. The fourth-order valence-corrected chi connectivity index (χ4v) is 2.72. The summed E-state index contributed by atoms with van der Waals surface area (Å²) in [6.07, 6.45) is 2.79. The molecule has 0 aliphatic carbocycles. The maximum Gasteiger partial charge on any atom is 0.122 e. The number of nitrogens with one attached hydrogen (secondary N) is 1. The Bertz CT molecular complexity index is 378. The van der Waals surface area contributed by atoms with Crippen LogP contribution in [0.4, 0.5) is 0 Å². The van der Waals surface area contributed by atoms with Crippen LogP contribution in [0.5, 0.6) is 5.75 Å². The highest BCUT2D eigenvalue weighted by Crippen LogP contribution is 2.19. The van der Waals surface area contributed by atoms with E-state index >= 15 is 0 Å². The molecule has 3 nitrogen and oxygen atoms in total. The van der Waals surface area contributed by atoms with Crippen molar-refractivity contribution in [3.63, 3.8) is 0 Å². The van der Waals surface area contributed by atoms with Crippen LogP contribution in [0.25, 0.3) is 0 Å². The first-order chi connectivity index (χ1) is 8.75. The first-order valence-electron chi connectivity index (χ1n) is 6.47. The lowest BCUT2D eigenvalue weighted by atomic mass is 10.2. The van der Waals surface area contributed by atoms with Crippen LogP contribution in [0, 0.1) is 10.5 Å². The molecule has 0 radical (unpaired) electrons. The van der Waals surface area contributed by atoms with E-state index in [1.165, 1.54) is 22.0 Å². The highest BCUT2D eigenvalue weighted by atomic mass is 127. The van der Waals surface area contributed by atoms with Crippen LogP contribution in [0.3, 0.4) is 0 Å². The summed E-state index contributed by atoms with van der Waals surface area (Å²) < 4.78 is 12.5. The molecule has 1 aromatic carbocycles. The van der Waals surface area contributed by atoms with Crippen molar-refractivity contribution in [1.82, 2.24) is 5.32 Å². The molecule has 18 heavy (non-hydrogen) atoms. The third-order valence-corrected chi connectivity index (χ3v) is 3.74. The Morgan fingerprint density at radius 2 is 2.39 bits per heavy atom. The molecule has 1 aliphatic heterocycles. The predicted octanol–water partition coefficient (Wildman–Crippen LogP) is 2.75. The Morgan fingerprint density at radius 1 is 1.50 bits per heavy atom. The molecule has 1 heterocycles. The fraction of sp³-hybridized carbons (Fsp3) is 0.571. The molecular formula is C14H20INO2. The number of ether oxygens (including phenoxy) is 2. The highest BCUT2D eigenvalue weighted by Gasteiger charge is 2.14. The average Bonchev–Trinajstić information content (AvgIpc) is 2.84. The van der Waals surface area contributed by atoms with Crippen molar-refractivity contribution in [1.29, 1.82) is 0 Å². The summed E-state index contributed by atoms with van der Waals surface area (Å²) in [7, 11) is 0. The summed E-state index contributed by atoms with van der Waals surface area (Å²) in [5, 5.41) is 3.38. The van der Waals surface area contributed by atoms with Crippen molar-refractivity contribution >= 4 is 22.6 Å². The van der Waals surface area contributed by atoms with E-state index in [9.17, 15) is 0 Å². The van der Waals surface area contributed by atoms with Crippen molar-refractivity contribution in [3.05, 3.63) is 27.3 Å². The Labute approximate surface area is 122 Å². The summed E-state index contributed by atoms with van der Waals surface area (Å²) >= 11 is 2.31. The molecule has 0 aromatic heterocycles. The van der Waals surface area contributed by atoms with Crippen molar-refractivity contribution in [2.75, 3.05) is 26.3 Å². The van der Waals surface area contributed by atoms with Crippen LogP contribution in [0.2, 0.25) is 0 Å². The molecule has 0 spiro atoms. The quantitative estimate of drug-likeness (QED) is 0.625. The number of hydrogen-bond donors (Lipinski definition) is 1. The van der Waals surface area contributed by atoms with Gasteiger partial charge in [0.05, 0.1) is 6.10 Å². The Morgan fingerprint density at radius 3 is 3.11 bits per heavy atom. The van der Waals surface area contributed by atoms with Crippen LogP contribution in [-0.2, 0) is 4.74 Å². The summed E-state index contributed by atoms with van der Waals surface area (Å²) in [5.74, 6) is 0.981. The number of aryl methyl sites for hydroxylation is 1. The van der Waals surface area contributed by atoms with E-state index in [2.05, 4.69) is 47.0 Å². The van der Waals surface area contributed by atoms with Crippen molar-refractivity contribution in [3.8, 4) is 5.75 Å². The lowest BCUT2D eigenvalue weighted by molar-refractivity contribution is 0.109. The summed E-state index contributed by atoms with van der Waals surface area (Å²) in [4.78, 5) is 0. The minimum Gasteiger partial charge on any atom is -0.492 e. The van der Waals surface area contributed by atoms with Gasteiger partial charge in [0.15, 0.2) is 0 Å². The first-order valence-corrected chi connectivity index (χ1v) is 7.55. The Kier molecular flexibility index (Phi) is 5.72. The van der Waals surface area contributed by atoms with Gasteiger partial charge in [-0.15, -0.1) is 0 Å². The molecule has 100 valence electrons. The zero-order valence-corrected chi connectivity index (χ0v) is 12.9. The van der Waals surface area contributed by atoms with Gasteiger partial charge < -0.3 is 14.8 Å². The van der Waals surface area contributed by atoms with E-state index in [1.807, 2.05) is 6.07 Å². The van der Waals surface area contributed by atoms with E-state index in [-0.39, 0.29) is 0 Å². The lowest BCUT2D eigenvalue weighted by Gasteiger charge is -2.12. The third kappa shape index (κ3) is 4.40. The first kappa shape index (κ1) is 14.1. The van der Waals surface area contributed by atoms with Gasteiger partial charge in [0, 0.05) is 23.3 Å². The number of benzene rings is 1. The number of rotatable bonds is 6. The number of hydrogen-bond acceptors (Lipinski definition) is 3. The maximum absolute atomic E-state index is 5.75. The largest absolute Gasteiger partial charge is 0.492 e. The van der Waals surface area contributed by atoms with Crippen molar-refractivity contribution in [2.24, 2.45) is 0 Å². The molecule has 2 rings (SSSR count). The molecule has 0 amide bonds. The summed E-state index contributed by atoms with van der Waals surface area (Å²) in [6.45, 7) is 5.51. The van der Waals surface area contributed by atoms with Gasteiger partial charge in [-0.25, -0.2) is 0 Å². The van der Waals surface area contributed by atoms with E-state index in [4.69, 9.17) is 9.47 Å². The normalized spacial score (nSPS) is 19.1. The standard InChI is InChI=1S/C14H20INO2/c1-11-9-12(15)4-5-14(11)18-8-6-16-10-13-3-2-7-17-13/h4-5,9,13,16H,2-3,6-8,10H2,1H3/t13-/m1/s1. The molecule has 0 bridgehead atoms. The number of halogens is 1.